The number of pyridine rings is 1. The Morgan fingerprint density at radius 3 is 2.41 bits per heavy atom. The lowest BCUT2D eigenvalue weighted by molar-refractivity contribution is -0.133. The van der Waals surface area contributed by atoms with Gasteiger partial charge in [-0.2, -0.15) is 10.2 Å². The number of amides is 3. The van der Waals surface area contributed by atoms with Gasteiger partial charge < -0.3 is 15.1 Å². The van der Waals surface area contributed by atoms with Crippen LogP contribution in [0.5, 0.6) is 0 Å². The van der Waals surface area contributed by atoms with Gasteiger partial charge in [0.25, 0.3) is 11.8 Å². The van der Waals surface area contributed by atoms with Crippen LogP contribution in [-0.4, -0.2) is 78.2 Å². The van der Waals surface area contributed by atoms with E-state index in [0.717, 1.165) is 11.1 Å². The zero-order chi connectivity index (χ0) is 28.3. The largest absolute Gasteiger partial charge is 0.338 e. The minimum absolute atomic E-state index is 0.0178. The van der Waals surface area contributed by atoms with E-state index in [2.05, 4.69) is 20.5 Å². The van der Waals surface area contributed by atoms with Crippen molar-refractivity contribution in [2.45, 2.75) is 6.54 Å². The molecule has 1 aliphatic rings. The summed E-state index contributed by atoms with van der Waals surface area (Å²) in [6.07, 6.45) is 3.47. The Bertz CT molecular complexity index is 1740. The van der Waals surface area contributed by atoms with Crippen molar-refractivity contribution in [3.8, 4) is 11.4 Å². The van der Waals surface area contributed by atoms with Crippen LogP contribution < -0.4 is 5.32 Å². The molecule has 11 heteroatoms. The fourth-order valence-electron chi connectivity index (χ4n) is 4.92. The molecule has 5 aromatic rings. The summed E-state index contributed by atoms with van der Waals surface area (Å²) >= 11 is 0. The first kappa shape index (κ1) is 25.9. The van der Waals surface area contributed by atoms with E-state index < -0.39 is 0 Å². The molecular weight excluding hydrogens is 520 g/mol. The summed E-state index contributed by atoms with van der Waals surface area (Å²) < 4.78 is 3.31. The van der Waals surface area contributed by atoms with Crippen LogP contribution in [0.3, 0.4) is 0 Å². The molecule has 1 fully saturated rings. The molecule has 0 aliphatic carbocycles. The van der Waals surface area contributed by atoms with E-state index in [0.29, 0.717) is 48.6 Å². The lowest BCUT2D eigenvalue weighted by Gasteiger charge is -2.34. The number of rotatable bonds is 6. The molecule has 0 radical (unpaired) electrons. The van der Waals surface area contributed by atoms with E-state index in [-0.39, 0.29) is 30.0 Å². The molecule has 0 spiro atoms. The van der Waals surface area contributed by atoms with E-state index in [9.17, 15) is 14.4 Å². The zero-order valence-corrected chi connectivity index (χ0v) is 22.5. The van der Waals surface area contributed by atoms with E-state index in [1.165, 1.54) is 0 Å². The third-order valence-corrected chi connectivity index (χ3v) is 7.11. The van der Waals surface area contributed by atoms with Gasteiger partial charge in [-0.25, -0.2) is 4.98 Å². The Hall–Kier alpha value is -5.32. The highest BCUT2D eigenvalue weighted by atomic mass is 16.2. The molecule has 0 bridgehead atoms. The zero-order valence-electron chi connectivity index (χ0n) is 22.5. The van der Waals surface area contributed by atoms with Crippen molar-refractivity contribution >= 4 is 34.3 Å². The topological polar surface area (TPSA) is 118 Å². The lowest BCUT2D eigenvalue weighted by Crippen LogP contribution is -2.51. The number of nitrogens with one attached hydrogen (secondary N) is 1. The lowest BCUT2D eigenvalue weighted by atomic mass is 10.2. The molecule has 3 amide bonds. The third kappa shape index (κ3) is 5.55. The highest BCUT2D eigenvalue weighted by Gasteiger charge is 2.25. The SMILES string of the molecule is Cn1nccc1-c1cccc(C(=O)Nc2ccc3nn(CC(=O)N4CCN(C(=O)c5ccccc5)CC4)cc3c2)n1. The van der Waals surface area contributed by atoms with Gasteiger partial charge in [-0.15, -0.1) is 0 Å². The molecule has 0 saturated carbocycles. The first-order chi connectivity index (χ1) is 19.9. The molecule has 4 heterocycles. The second-order valence-corrected chi connectivity index (χ2v) is 9.84. The van der Waals surface area contributed by atoms with Crippen LogP contribution in [-0.2, 0) is 18.4 Å². The molecular formula is C30H28N8O3. The number of anilines is 1. The fourth-order valence-corrected chi connectivity index (χ4v) is 4.92. The summed E-state index contributed by atoms with van der Waals surface area (Å²) in [7, 11) is 1.82. The van der Waals surface area contributed by atoms with Gasteiger partial charge in [0, 0.05) is 62.3 Å². The third-order valence-electron chi connectivity index (χ3n) is 7.11. The summed E-state index contributed by atoms with van der Waals surface area (Å²) in [5, 5.41) is 12.4. The Morgan fingerprint density at radius 1 is 0.878 bits per heavy atom. The van der Waals surface area contributed by atoms with Gasteiger partial charge >= 0.3 is 0 Å². The molecule has 0 atom stereocenters. The first-order valence-electron chi connectivity index (χ1n) is 13.3. The number of aryl methyl sites for hydroxylation is 1. The molecule has 41 heavy (non-hydrogen) atoms. The fraction of sp³-hybridized carbons (Fsp3) is 0.200. The summed E-state index contributed by atoms with van der Waals surface area (Å²) in [4.78, 5) is 46.7. The second kappa shape index (κ2) is 11.0. The van der Waals surface area contributed by atoms with Crippen molar-refractivity contribution in [2.24, 2.45) is 7.05 Å². The monoisotopic (exact) mass is 548 g/mol. The second-order valence-electron chi connectivity index (χ2n) is 9.84. The van der Waals surface area contributed by atoms with E-state index >= 15 is 0 Å². The maximum absolute atomic E-state index is 13.0. The molecule has 3 aromatic heterocycles. The Kier molecular flexibility index (Phi) is 6.99. The van der Waals surface area contributed by atoms with Crippen LogP contribution in [0.25, 0.3) is 22.3 Å². The number of piperazine rings is 1. The van der Waals surface area contributed by atoms with E-state index in [1.807, 2.05) is 43.4 Å². The van der Waals surface area contributed by atoms with Gasteiger partial charge in [0.2, 0.25) is 5.91 Å². The van der Waals surface area contributed by atoms with Crippen molar-refractivity contribution in [3.05, 3.63) is 96.4 Å². The van der Waals surface area contributed by atoms with Crippen LogP contribution in [0.2, 0.25) is 0 Å². The van der Waals surface area contributed by atoms with E-state index in [1.54, 1.807) is 68.0 Å². The summed E-state index contributed by atoms with van der Waals surface area (Å²) in [6.45, 7) is 2.02. The van der Waals surface area contributed by atoms with Gasteiger partial charge in [0.1, 0.15) is 12.2 Å². The average molecular weight is 549 g/mol. The van der Waals surface area contributed by atoms with Crippen molar-refractivity contribution in [1.82, 2.24) is 34.3 Å². The van der Waals surface area contributed by atoms with Gasteiger partial charge in [0.05, 0.1) is 16.9 Å². The minimum Gasteiger partial charge on any atom is -0.338 e. The predicted octanol–water partition coefficient (Wildman–Crippen LogP) is 3.07. The number of carbonyl (C=O) groups excluding carboxylic acids is 3. The van der Waals surface area contributed by atoms with Gasteiger partial charge in [-0.3, -0.25) is 23.7 Å². The number of aromatic nitrogens is 5. The summed E-state index contributed by atoms with van der Waals surface area (Å²) in [5.74, 6) is -0.408. The Balaban J connectivity index is 1.07. The van der Waals surface area contributed by atoms with Crippen molar-refractivity contribution in [1.29, 1.82) is 0 Å². The number of fused-ring (bicyclic) bond motifs is 1. The first-order valence-corrected chi connectivity index (χ1v) is 13.3. The molecule has 0 unspecified atom stereocenters. The normalized spacial score (nSPS) is 13.4. The Labute approximate surface area is 236 Å². The summed E-state index contributed by atoms with van der Waals surface area (Å²) in [6, 6.07) is 21.7. The van der Waals surface area contributed by atoms with Gasteiger partial charge in [-0.05, 0) is 48.5 Å². The van der Waals surface area contributed by atoms with Crippen LogP contribution >= 0.6 is 0 Å². The quantitative estimate of drug-likeness (QED) is 0.349. The molecule has 1 aliphatic heterocycles. The van der Waals surface area contributed by atoms with Crippen molar-refractivity contribution < 1.29 is 14.4 Å². The minimum atomic E-state index is -0.333. The summed E-state index contributed by atoms with van der Waals surface area (Å²) in [5.41, 5.74) is 3.72. The van der Waals surface area contributed by atoms with Crippen LogP contribution in [0.1, 0.15) is 20.8 Å². The Morgan fingerprint density at radius 2 is 1.66 bits per heavy atom. The number of benzene rings is 2. The van der Waals surface area contributed by atoms with Gasteiger partial charge in [0.15, 0.2) is 0 Å². The highest BCUT2D eigenvalue weighted by Crippen LogP contribution is 2.20. The number of nitrogens with zero attached hydrogens (tertiary/aromatic N) is 7. The molecule has 1 saturated heterocycles. The molecule has 11 nitrogen and oxygen atoms in total. The van der Waals surface area contributed by atoms with Crippen LogP contribution in [0.4, 0.5) is 5.69 Å². The average Bonchev–Trinajstić information content (AvgIpc) is 3.62. The predicted molar refractivity (Wildman–Crippen MR) is 153 cm³/mol. The maximum Gasteiger partial charge on any atom is 0.274 e. The molecule has 6 rings (SSSR count). The maximum atomic E-state index is 13.0. The van der Waals surface area contributed by atoms with Crippen molar-refractivity contribution in [3.63, 3.8) is 0 Å². The standard InChI is InChI=1S/C30H28N8O3/c1-35-27(12-13-31-35)25-8-5-9-26(33-25)29(40)32-23-10-11-24-22(18-23)19-38(34-24)20-28(39)36-14-16-37(17-15-36)30(41)21-6-3-2-4-7-21/h2-13,18-19H,14-17,20H2,1H3,(H,32,40). The van der Waals surface area contributed by atoms with Crippen LogP contribution in [0.15, 0.2) is 85.2 Å². The molecule has 1 N–H and O–H groups in total. The molecule has 2 aromatic carbocycles. The van der Waals surface area contributed by atoms with Gasteiger partial charge in [-0.1, -0.05) is 24.3 Å². The smallest absolute Gasteiger partial charge is 0.274 e. The number of hydrogen-bond acceptors (Lipinski definition) is 6. The van der Waals surface area contributed by atoms with E-state index in [4.69, 9.17) is 0 Å². The number of hydrogen-bond donors (Lipinski definition) is 1. The van der Waals surface area contributed by atoms with Crippen LogP contribution in [0, 0.1) is 0 Å². The highest BCUT2D eigenvalue weighted by molar-refractivity contribution is 6.04. The molecule has 206 valence electrons. The number of carbonyl (C=O) groups is 3. The van der Waals surface area contributed by atoms with Crippen molar-refractivity contribution in [2.75, 3.05) is 31.5 Å².